The van der Waals surface area contributed by atoms with Gasteiger partial charge in [-0.3, -0.25) is 0 Å². The highest BCUT2D eigenvalue weighted by Crippen LogP contribution is 2.20. The van der Waals surface area contributed by atoms with Crippen LogP contribution < -0.4 is 10.1 Å². The third kappa shape index (κ3) is 3.81. The molecule has 0 fully saturated rings. The number of nitrogens with one attached hydrogen (secondary N) is 1. The molecule has 0 spiro atoms. The Morgan fingerprint density at radius 1 is 1.30 bits per heavy atom. The van der Waals surface area contributed by atoms with Crippen LogP contribution in [0.15, 0.2) is 24.4 Å². The van der Waals surface area contributed by atoms with E-state index in [4.69, 9.17) is 4.74 Å². The fraction of sp³-hybridized carbons (Fsp3) is 0.467. The smallest absolute Gasteiger partial charge is 0.122 e. The van der Waals surface area contributed by atoms with E-state index in [9.17, 15) is 0 Å². The first kappa shape index (κ1) is 14.5. The van der Waals surface area contributed by atoms with Crippen LogP contribution >= 0.6 is 0 Å². The van der Waals surface area contributed by atoms with Crippen molar-refractivity contribution in [3.63, 3.8) is 0 Å². The molecular formula is C15H22N4O. The minimum atomic E-state index is 0.592. The van der Waals surface area contributed by atoms with Gasteiger partial charge < -0.3 is 10.1 Å². The average molecular weight is 274 g/mol. The van der Waals surface area contributed by atoms with Crippen molar-refractivity contribution in [3.8, 4) is 5.75 Å². The lowest BCUT2D eigenvalue weighted by Crippen LogP contribution is -2.12. The summed E-state index contributed by atoms with van der Waals surface area (Å²) in [4.78, 5) is 0. The molecule has 5 nitrogen and oxygen atoms in total. The molecule has 0 aliphatic heterocycles. The molecule has 0 saturated carbocycles. The Morgan fingerprint density at radius 2 is 2.15 bits per heavy atom. The summed E-state index contributed by atoms with van der Waals surface area (Å²) in [5.74, 6) is 0.943. The van der Waals surface area contributed by atoms with Crippen LogP contribution in [0.4, 0.5) is 0 Å². The Morgan fingerprint density at radius 3 is 2.95 bits per heavy atom. The van der Waals surface area contributed by atoms with E-state index >= 15 is 0 Å². The first-order valence-corrected chi connectivity index (χ1v) is 6.99. The molecule has 1 aromatic heterocycles. The van der Waals surface area contributed by atoms with E-state index in [1.54, 1.807) is 0 Å². The van der Waals surface area contributed by atoms with Gasteiger partial charge in [-0.1, -0.05) is 24.3 Å². The summed E-state index contributed by atoms with van der Waals surface area (Å²) in [7, 11) is 0. The zero-order chi connectivity index (χ0) is 14.4. The Balaban J connectivity index is 1.83. The van der Waals surface area contributed by atoms with Crippen molar-refractivity contribution in [2.24, 2.45) is 0 Å². The quantitative estimate of drug-likeness (QED) is 0.840. The first-order chi connectivity index (χ1) is 9.70. The largest absolute Gasteiger partial charge is 0.491 e. The van der Waals surface area contributed by atoms with E-state index in [2.05, 4.69) is 42.5 Å². The molecule has 20 heavy (non-hydrogen) atoms. The second-order valence-corrected chi connectivity index (χ2v) is 4.80. The van der Waals surface area contributed by atoms with Gasteiger partial charge >= 0.3 is 0 Å². The van der Waals surface area contributed by atoms with Gasteiger partial charge in [0.1, 0.15) is 12.4 Å². The second-order valence-electron chi connectivity index (χ2n) is 4.80. The van der Waals surface area contributed by atoms with E-state index in [-0.39, 0.29) is 0 Å². The topological polar surface area (TPSA) is 52.0 Å². The zero-order valence-electron chi connectivity index (χ0n) is 12.4. The van der Waals surface area contributed by atoms with Crippen molar-refractivity contribution in [3.05, 3.63) is 41.2 Å². The molecule has 0 unspecified atom stereocenters. The maximum absolute atomic E-state index is 5.81. The molecule has 1 heterocycles. The summed E-state index contributed by atoms with van der Waals surface area (Å²) in [5, 5.41) is 11.4. The Bertz CT molecular complexity index is 551. The van der Waals surface area contributed by atoms with Gasteiger partial charge in [-0.2, -0.15) is 0 Å². The molecule has 0 bridgehead atoms. The Labute approximate surface area is 120 Å². The number of aromatic nitrogens is 3. The molecule has 0 aliphatic rings. The zero-order valence-corrected chi connectivity index (χ0v) is 12.4. The lowest BCUT2D eigenvalue weighted by molar-refractivity contribution is 0.288. The summed E-state index contributed by atoms with van der Waals surface area (Å²) < 4.78 is 7.62. The van der Waals surface area contributed by atoms with E-state index in [0.29, 0.717) is 13.2 Å². The average Bonchev–Trinajstić information content (AvgIpc) is 2.89. The summed E-state index contributed by atoms with van der Waals surface area (Å²) in [6, 6.07) is 6.11. The SMILES string of the molecule is CCNCc1cn(CCOc2cccc(C)c2C)nn1. The third-order valence-electron chi connectivity index (χ3n) is 3.28. The number of rotatable bonds is 7. The molecule has 2 aromatic rings. The molecule has 0 aliphatic carbocycles. The highest BCUT2D eigenvalue weighted by molar-refractivity contribution is 5.38. The molecule has 108 valence electrons. The van der Waals surface area contributed by atoms with Gasteiger partial charge in [0.05, 0.1) is 12.2 Å². The lowest BCUT2D eigenvalue weighted by Gasteiger charge is -2.10. The van der Waals surface area contributed by atoms with Gasteiger partial charge in [0.2, 0.25) is 0 Å². The normalized spacial score (nSPS) is 10.8. The van der Waals surface area contributed by atoms with Crippen LogP contribution in [0.25, 0.3) is 0 Å². The van der Waals surface area contributed by atoms with E-state index < -0.39 is 0 Å². The van der Waals surface area contributed by atoms with E-state index in [1.807, 2.05) is 23.0 Å². The minimum Gasteiger partial charge on any atom is -0.491 e. The van der Waals surface area contributed by atoms with Crippen LogP contribution in [-0.4, -0.2) is 28.1 Å². The van der Waals surface area contributed by atoms with Gasteiger partial charge in [0.25, 0.3) is 0 Å². The maximum Gasteiger partial charge on any atom is 0.122 e. The van der Waals surface area contributed by atoms with Crippen molar-refractivity contribution in [2.45, 2.75) is 33.9 Å². The van der Waals surface area contributed by atoms with Crippen LogP contribution in [0.3, 0.4) is 0 Å². The van der Waals surface area contributed by atoms with Crippen LogP contribution in [0, 0.1) is 13.8 Å². The number of nitrogens with zero attached hydrogens (tertiary/aromatic N) is 3. The van der Waals surface area contributed by atoms with Gasteiger partial charge in [0.15, 0.2) is 0 Å². The van der Waals surface area contributed by atoms with Crippen molar-refractivity contribution in [1.29, 1.82) is 0 Å². The Kier molecular flexibility index (Phi) is 5.12. The van der Waals surface area contributed by atoms with Gasteiger partial charge in [-0.05, 0) is 37.6 Å². The van der Waals surface area contributed by atoms with Gasteiger partial charge in [-0.25, -0.2) is 4.68 Å². The van der Waals surface area contributed by atoms with Crippen molar-refractivity contribution in [1.82, 2.24) is 20.3 Å². The van der Waals surface area contributed by atoms with Crippen LogP contribution in [-0.2, 0) is 13.1 Å². The summed E-state index contributed by atoms with van der Waals surface area (Å²) in [5.41, 5.74) is 3.40. The third-order valence-corrected chi connectivity index (χ3v) is 3.28. The molecule has 0 amide bonds. The highest BCUT2D eigenvalue weighted by Gasteiger charge is 2.03. The fourth-order valence-electron chi connectivity index (χ4n) is 1.91. The maximum atomic E-state index is 5.81. The summed E-state index contributed by atoms with van der Waals surface area (Å²) >= 11 is 0. The number of hydrogen-bond acceptors (Lipinski definition) is 4. The molecule has 0 radical (unpaired) electrons. The molecular weight excluding hydrogens is 252 g/mol. The minimum absolute atomic E-state index is 0.592. The van der Waals surface area contributed by atoms with Crippen LogP contribution in [0.2, 0.25) is 0 Å². The standard InChI is InChI=1S/C15H22N4O/c1-4-16-10-14-11-19(18-17-14)8-9-20-15-7-5-6-12(2)13(15)3/h5-7,11,16H,4,8-10H2,1-3H3. The van der Waals surface area contributed by atoms with E-state index in [0.717, 1.165) is 24.5 Å². The fourth-order valence-corrected chi connectivity index (χ4v) is 1.91. The van der Waals surface area contributed by atoms with E-state index in [1.165, 1.54) is 11.1 Å². The monoisotopic (exact) mass is 274 g/mol. The predicted octanol–water partition coefficient (Wildman–Crippen LogP) is 2.08. The second kappa shape index (κ2) is 7.05. The highest BCUT2D eigenvalue weighted by atomic mass is 16.5. The lowest BCUT2D eigenvalue weighted by atomic mass is 10.1. The van der Waals surface area contributed by atoms with Crippen molar-refractivity contribution in [2.75, 3.05) is 13.2 Å². The van der Waals surface area contributed by atoms with Gasteiger partial charge in [-0.15, -0.1) is 5.10 Å². The number of hydrogen-bond donors (Lipinski definition) is 1. The number of aryl methyl sites for hydroxylation is 1. The number of benzene rings is 1. The summed E-state index contributed by atoms with van der Waals surface area (Å²) in [6.45, 7) is 9.22. The predicted molar refractivity (Wildman–Crippen MR) is 78.8 cm³/mol. The molecule has 1 aromatic carbocycles. The molecule has 1 N–H and O–H groups in total. The molecule has 2 rings (SSSR count). The van der Waals surface area contributed by atoms with Crippen molar-refractivity contribution < 1.29 is 4.74 Å². The van der Waals surface area contributed by atoms with Gasteiger partial charge in [0, 0.05) is 12.7 Å². The molecule has 0 atom stereocenters. The number of ether oxygens (including phenoxy) is 1. The summed E-state index contributed by atoms with van der Waals surface area (Å²) in [6.07, 6.45) is 1.95. The first-order valence-electron chi connectivity index (χ1n) is 6.99. The van der Waals surface area contributed by atoms with Crippen LogP contribution in [0.5, 0.6) is 5.75 Å². The van der Waals surface area contributed by atoms with Crippen LogP contribution in [0.1, 0.15) is 23.7 Å². The Hall–Kier alpha value is -1.88. The molecule has 0 saturated heterocycles. The molecule has 5 heteroatoms. The van der Waals surface area contributed by atoms with Crippen molar-refractivity contribution >= 4 is 0 Å².